The zero-order valence-electron chi connectivity index (χ0n) is 11.6. The van der Waals surface area contributed by atoms with Crippen LogP contribution in [-0.4, -0.2) is 5.85 Å². The number of rotatable bonds is 2. The third-order valence-corrected chi connectivity index (χ3v) is 1.38. The molecule has 0 bridgehead atoms. The van der Waals surface area contributed by atoms with Gasteiger partial charge in [0.15, 0.2) is 0 Å². The standard InChI is InChI=1S/C10H13FO.2C2H6/c1-8-4-6-9(7-5-8)12-10(2,3)11;2*1-2/h4-7H,1-3H3;2*1-2H3. The Kier molecular flexibility index (Phi) is 9.97. The van der Waals surface area contributed by atoms with Crippen LogP contribution in [0.1, 0.15) is 47.1 Å². The summed E-state index contributed by atoms with van der Waals surface area (Å²) in [7, 11) is 0. The highest BCUT2D eigenvalue weighted by atomic mass is 19.2. The maximum absolute atomic E-state index is 13.0. The van der Waals surface area contributed by atoms with Crippen LogP contribution in [0.15, 0.2) is 24.3 Å². The molecule has 0 spiro atoms. The van der Waals surface area contributed by atoms with Crippen molar-refractivity contribution in [3.63, 3.8) is 0 Å². The number of halogens is 1. The van der Waals surface area contributed by atoms with Gasteiger partial charge in [0.1, 0.15) is 5.75 Å². The lowest BCUT2D eigenvalue weighted by atomic mass is 10.2. The van der Waals surface area contributed by atoms with Crippen LogP contribution >= 0.6 is 0 Å². The van der Waals surface area contributed by atoms with Crippen molar-refractivity contribution < 1.29 is 9.13 Å². The predicted molar refractivity (Wildman–Crippen MR) is 69.7 cm³/mol. The highest BCUT2D eigenvalue weighted by Crippen LogP contribution is 2.19. The van der Waals surface area contributed by atoms with E-state index < -0.39 is 5.85 Å². The van der Waals surface area contributed by atoms with Gasteiger partial charge in [0.05, 0.1) is 0 Å². The molecule has 16 heavy (non-hydrogen) atoms. The molecule has 0 radical (unpaired) electrons. The van der Waals surface area contributed by atoms with Crippen molar-refractivity contribution in [2.45, 2.75) is 54.3 Å². The first kappa shape index (κ1) is 17.3. The van der Waals surface area contributed by atoms with Crippen LogP contribution < -0.4 is 4.74 Å². The van der Waals surface area contributed by atoms with Gasteiger partial charge in [0.25, 0.3) is 0 Å². The molecule has 0 saturated heterocycles. The van der Waals surface area contributed by atoms with Gasteiger partial charge in [-0.05, 0) is 19.1 Å². The second-order valence-electron chi connectivity index (χ2n) is 3.28. The number of alkyl halides is 1. The molecule has 1 nitrogen and oxygen atoms in total. The summed E-state index contributed by atoms with van der Waals surface area (Å²) in [6, 6.07) is 7.30. The number of benzene rings is 1. The Labute approximate surface area is 99.6 Å². The summed E-state index contributed by atoms with van der Waals surface area (Å²) in [4.78, 5) is 0. The van der Waals surface area contributed by atoms with Crippen LogP contribution in [0.4, 0.5) is 4.39 Å². The molecule has 0 aromatic heterocycles. The fraction of sp³-hybridized carbons (Fsp3) is 0.571. The summed E-state index contributed by atoms with van der Waals surface area (Å²) in [5.41, 5.74) is 1.14. The Morgan fingerprint density at radius 3 is 1.62 bits per heavy atom. The van der Waals surface area contributed by atoms with Gasteiger partial charge >= 0.3 is 0 Å². The largest absolute Gasteiger partial charge is 0.459 e. The Bertz CT molecular complexity index is 246. The van der Waals surface area contributed by atoms with Gasteiger partial charge in [0, 0.05) is 13.8 Å². The zero-order chi connectivity index (χ0) is 13.2. The van der Waals surface area contributed by atoms with Crippen molar-refractivity contribution in [1.29, 1.82) is 0 Å². The van der Waals surface area contributed by atoms with E-state index in [9.17, 15) is 4.39 Å². The van der Waals surface area contributed by atoms with Gasteiger partial charge in [0.2, 0.25) is 5.85 Å². The Hall–Kier alpha value is -1.05. The molecule has 0 aliphatic rings. The normalized spacial score (nSPS) is 9.25. The molecule has 0 amide bonds. The second-order valence-corrected chi connectivity index (χ2v) is 3.28. The minimum atomic E-state index is -1.60. The Morgan fingerprint density at radius 2 is 1.31 bits per heavy atom. The van der Waals surface area contributed by atoms with Gasteiger partial charge in [-0.3, -0.25) is 0 Å². The van der Waals surface area contributed by atoms with Crippen LogP contribution in [-0.2, 0) is 0 Å². The summed E-state index contributed by atoms with van der Waals surface area (Å²) in [6.45, 7) is 12.7. The Balaban J connectivity index is 0. The topological polar surface area (TPSA) is 9.23 Å². The minimum Gasteiger partial charge on any atom is -0.459 e. The van der Waals surface area contributed by atoms with E-state index in [2.05, 4.69) is 0 Å². The van der Waals surface area contributed by atoms with E-state index in [0.29, 0.717) is 5.75 Å². The average molecular weight is 228 g/mol. The first-order chi connectivity index (χ1) is 7.47. The smallest absolute Gasteiger partial charge is 0.242 e. The number of ether oxygens (including phenoxy) is 1. The Morgan fingerprint density at radius 1 is 0.938 bits per heavy atom. The van der Waals surface area contributed by atoms with Crippen molar-refractivity contribution in [1.82, 2.24) is 0 Å². The molecule has 0 saturated carbocycles. The zero-order valence-corrected chi connectivity index (χ0v) is 11.6. The first-order valence-electron chi connectivity index (χ1n) is 5.92. The van der Waals surface area contributed by atoms with Crippen molar-refractivity contribution in [3.05, 3.63) is 29.8 Å². The maximum Gasteiger partial charge on any atom is 0.242 e. The third-order valence-electron chi connectivity index (χ3n) is 1.38. The minimum absolute atomic E-state index is 0.563. The molecule has 0 heterocycles. The van der Waals surface area contributed by atoms with E-state index in [0.717, 1.165) is 5.56 Å². The number of hydrogen-bond acceptors (Lipinski definition) is 1. The van der Waals surface area contributed by atoms with E-state index in [1.54, 1.807) is 12.1 Å². The van der Waals surface area contributed by atoms with Gasteiger partial charge in [-0.1, -0.05) is 45.4 Å². The van der Waals surface area contributed by atoms with E-state index in [-0.39, 0.29) is 0 Å². The lowest BCUT2D eigenvalue weighted by Gasteiger charge is -2.16. The first-order valence-corrected chi connectivity index (χ1v) is 5.92. The van der Waals surface area contributed by atoms with Gasteiger partial charge in [-0.15, -0.1) is 0 Å². The molecule has 2 heteroatoms. The summed E-state index contributed by atoms with van der Waals surface area (Å²) in [6.07, 6.45) is 0. The lowest BCUT2D eigenvalue weighted by molar-refractivity contribution is -0.0257. The fourth-order valence-electron chi connectivity index (χ4n) is 0.887. The van der Waals surface area contributed by atoms with E-state index in [1.165, 1.54) is 13.8 Å². The molecule has 0 N–H and O–H groups in total. The average Bonchev–Trinajstić information content (AvgIpc) is 2.25. The van der Waals surface area contributed by atoms with E-state index in [4.69, 9.17) is 4.74 Å². The fourth-order valence-corrected chi connectivity index (χ4v) is 0.887. The molecule has 1 aromatic rings. The lowest BCUT2D eigenvalue weighted by Crippen LogP contribution is -2.20. The van der Waals surface area contributed by atoms with Gasteiger partial charge in [-0.25, -0.2) is 0 Å². The molecule has 1 aromatic carbocycles. The van der Waals surface area contributed by atoms with Crippen LogP contribution in [0.2, 0.25) is 0 Å². The summed E-state index contributed by atoms with van der Waals surface area (Å²) >= 11 is 0. The third kappa shape index (κ3) is 9.50. The molecule has 1 rings (SSSR count). The second kappa shape index (κ2) is 9.20. The summed E-state index contributed by atoms with van der Waals surface area (Å²) in [5, 5.41) is 0. The van der Waals surface area contributed by atoms with E-state index in [1.807, 2.05) is 46.8 Å². The molecule has 0 unspecified atom stereocenters. The quantitative estimate of drug-likeness (QED) is 0.681. The highest BCUT2D eigenvalue weighted by Gasteiger charge is 2.16. The maximum atomic E-state index is 13.0. The van der Waals surface area contributed by atoms with Crippen molar-refractivity contribution >= 4 is 0 Å². The van der Waals surface area contributed by atoms with Crippen LogP contribution in [0.5, 0.6) is 5.75 Å². The van der Waals surface area contributed by atoms with Crippen LogP contribution in [0.25, 0.3) is 0 Å². The molecule has 0 fully saturated rings. The monoisotopic (exact) mass is 228 g/mol. The van der Waals surface area contributed by atoms with Gasteiger partial charge < -0.3 is 4.74 Å². The van der Waals surface area contributed by atoms with Crippen molar-refractivity contribution in [2.24, 2.45) is 0 Å². The molecule has 0 aliphatic heterocycles. The summed E-state index contributed by atoms with van der Waals surface area (Å²) in [5.74, 6) is -1.04. The number of hydrogen-bond donors (Lipinski definition) is 0. The molecule has 0 atom stereocenters. The molecule has 0 aliphatic carbocycles. The molecular formula is C14H25FO. The van der Waals surface area contributed by atoms with Gasteiger partial charge in [-0.2, -0.15) is 4.39 Å². The number of aryl methyl sites for hydroxylation is 1. The molecule has 94 valence electrons. The van der Waals surface area contributed by atoms with Crippen molar-refractivity contribution in [2.75, 3.05) is 0 Å². The van der Waals surface area contributed by atoms with E-state index >= 15 is 0 Å². The predicted octanol–water partition coefficient (Wildman–Crippen LogP) is 5.13. The van der Waals surface area contributed by atoms with Crippen molar-refractivity contribution in [3.8, 4) is 5.75 Å². The molecular weight excluding hydrogens is 203 g/mol. The SMILES string of the molecule is CC.CC.Cc1ccc(OC(C)(C)F)cc1. The van der Waals surface area contributed by atoms with Crippen LogP contribution in [0, 0.1) is 6.92 Å². The van der Waals surface area contributed by atoms with Crippen LogP contribution in [0.3, 0.4) is 0 Å². The summed E-state index contributed by atoms with van der Waals surface area (Å²) < 4.78 is 17.9. The highest BCUT2D eigenvalue weighted by molar-refractivity contribution is 5.26.